The molecule has 22 heavy (non-hydrogen) atoms. The van der Waals surface area contributed by atoms with Crippen LogP contribution in [-0.2, 0) is 4.74 Å². The lowest BCUT2D eigenvalue weighted by molar-refractivity contribution is -0.385. The molecule has 0 radical (unpaired) electrons. The van der Waals surface area contributed by atoms with E-state index in [-0.39, 0.29) is 24.0 Å². The van der Waals surface area contributed by atoms with E-state index in [2.05, 4.69) is 0 Å². The molecule has 0 bridgehead atoms. The summed E-state index contributed by atoms with van der Waals surface area (Å²) in [5.74, 6) is 0.934. The molecule has 2 N–H and O–H groups in total. The summed E-state index contributed by atoms with van der Waals surface area (Å²) >= 11 is 0. The summed E-state index contributed by atoms with van der Waals surface area (Å²) in [6.07, 6.45) is 1.60. The van der Waals surface area contributed by atoms with Crippen molar-refractivity contribution in [3.05, 3.63) is 27.8 Å². The highest BCUT2D eigenvalue weighted by Crippen LogP contribution is 2.40. The number of nitro benzene ring substituents is 1. The number of hydrogen-bond acceptors (Lipinski definition) is 6. The summed E-state index contributed by atoms with van der Waals surface area (Å²) in [6.45, 7) is 1.28. The van der Waals surface area contributed by atoms with Gasteiger partial charge in [-0.1, -0.05) is 0 Å². The number of nitro groups is 1. The second-order valence-corrected chi connectivity index (χ2v) is 5.00. The van der Waals surface area contributed by atoms with Crippen molar-refractivity contribution in [2.75, 3.05) is 27.4 Å². The Balaban J connectivity index is 0.00000242. The zero-order valence-electron chi connectivity index (χ0n) is 12.6. The van der Waals surface area contributed by atoms with E-state index in [0.717, 1.165) is 12.8 Å². The molecule has 0 aromatic heterocycles. The van der Waals surface area contributed by atoms with Crippen molar-refractivity contribution >= 4 is 18.1 Å². The molecule has 1 heterocycles. The Morgan fingerprint density at radius 2 is 1.82 bits per heavy atom. The molecule has 0 saturated carbocycles. The maximum atomic E-state index is 11.3. The highest BCUT2D eigenvalue weighted by Gasteiger charge is 2.29. The largest absolute Gasteiger partial charge is 0.493 e. The van der Waals surface area contributed by atoms with Gasteiger partial charge in [-0.25, -0.2) is 0 Å². The van der Waals surface area contributed by atoms with E-state index in [4.69, 9.17) is 19.9 Å². The predicted molar refractivity (Wildman–Crippen MR) is 83.9 cm³/mol. The number of halogens is 1. The lowest BCUT2D eigenvalue weighted by atomic mass is 9.87. The van der Waals surface area contributed by atoms with E-state index < -0.39 is 11.0 Å². The molecule has 1 aliphatic rings. The molecular weight excluding hydrogens is 312 g/mol. The third kappa shape index (κ3) is 3.79. The Bertz CT molecular complexity index is 520. The molecule has 0 spiro atoms. The Labute approximate surface area is 135 Å². The molecule has 124 valence electrons. The van der Waals surface area contributed by atoms with Crippen LogP contribution < -0.4 is 15.2 Å². The highest BCUT2D eigenvalue weighted by molar-refractivity contribution is 5.85. The Morgan fingerprint density at radius 1 is 1.27 bits per heavy atom. The summed E-state index contributed by atoms with van der Waals surface area (Å²) in [7, 11) is 2.94. The third-order valence-electron chi connectivity index (χ3n) is 3.86. The van der Waals surface area contributed by atoms with Gasteiger partial charge in [-0.3, -0.25) is 10.1 Å². The molecule has 1 fully saturated rings. The molecular formula is C14H21ClN2O5. The van der Waals surface area contributed by atoms with Crippen molar-refractivity contribution < 1.29 is 19.1 Å². The Morgan fingerprint density at radius 3 is 2.32 bits per heavy atom. The third-order valence-corrected chi connectivity index (χ3v) is 3.86. The van der Waals surface area contributed by atoms with Crippen LogP contribution in [0, 0.1) is 16.0 Å². The van der Waals surface area contributed by atoms with Gasteiger partial charge in [-0.05, 0) is 24.8 Å². The first-order chi connectivity index (χ1) is 10.1. The molecule has 1 aromatic carbocycles. The topological polar surface area (TPSA) is 96.9 Å². The molecule has 0 amide bonds. The predicted octanol–water partition coefficient (Wildman–Crippen LogP) is 2.46. The average molecular weight is 333 g/mol. The number of benzene rings is 1. The van der Waals surface area contributed by atoms with Crippen LogP contribution >= 0.6 is 12.4 Å². The van der Waals surface area contributed by atoms with Gasteiger partial charge in [-0.2, -0.15) is 0 Å². The Hall–Kier alpha value is -1.57. The molecule has 2 rings (SSSR count). The summed E-state index contributed by atoms with van der Waals surface area (Å²) in [6, 6.07) is 2.55. The summed E-state index contributed by atoms with van der Waals surface area (Å²) in [5, 5.41) is 11.3. The fraction of sp³-hybridized carbons (Fsp3) is 0.571. The fourth-order valence-electron chi connectivity index (χ4n) is 2.64. The van der Waals surface area contributed by atoms with E-state index in [1.54, 1.807) is 6.07 Å². The van der Waals surface area contributed by atoms with E-state index in [1.807, 2.05) is 0 Å². The molecule has 1 aromatic rings. The minimum absolute atomic E-state index is 0. The normalized spacial score (nSPS) is 16.5. The van der Waals surface area contributed by atoms with E-state index in [9.17, 15) is 10.1 Å². The smallest absolute Gasteiger partial charge is 0.278 e. The van der Waals surface area contributed by atoms with Crippen LogP contribution in [0.4, 0.5) is 5.69 Å². The quantitative estimate of drug-likeness (QED) is 0.657. The van der Waals surface area contributed by atoms with Gasteiger partial charge in [0.1, 0.15) is 0 Å². The van der Waals surface area contributed by atoms with Crippen LogP contribution in [0.3, 0.4) is 0 Å². The van der Waals surface area contributed by atoms with Gasteiger partial charge in [0.2, 0.25) is 0 Å². The highest BCUT2D eigenvalue weighted by atomic mass is 35.5. The number of hydrogen-bond donors (Lipinski definition) is 1. The van der Waals surface area contributed by atoms with Gasteiger partial charge in [-0.15, -0.1) is 12.4 Å². The standard InChI is InChI=1S/C14H20N2O5.ClH/c1-19-12-7-10(11(16(17)18)8-13(12)20-2)14(15)9-3-5-21-6-4-9;/h7-9,14H,3-6,15H2,1-2H3;1H/t14-;/m0./s1. The van der Waals surface area contributed by atoms with Crippen LogP contribution in [0.1, 0.15) is 24.4 Å². The van der Waals surface area contributed by atoms with Gasteiger partial charge >= 0.3 is 0 Å². The van der Waals surface area contributed by atoms with Crippen LogP contribution in [-0.4, -0.2) is 32.4 Å². The molecule has 1 aliphatic heterocycles. The van der Waals surface area contributed by atoms with Crippen molar-refractivity contribution in [3.63, 3.8) is 0 Å². The minimum Gasteiger partial charge on any atom is -0.493 e. The first-order valence-electron chi connectivity index (χ1n) is 6.82. The van der Waals surface area contributed by atoms with Crippen LogP contribution in [0.15, 0.2) is 12.1 Å². The second kappa shape index (κ2) is 8.17. The van der Waals surface area contributed by atoms with Crippen molar-refractivity contribution in [1.29, 1.82) is 0 Å². The summed E-state index contributed by atoms with van der Waals surface area (Å²) in [5.41, 5.74) is 6.71. The van der Waals surface area contributed by atoms with Gasteiger partial charge in [0.15, 0.2) is 11.5 Å². The SMILES string of the molecule is COc1cc([C@@H](N)C2CCOCC2)c([N+](=O)[O-])cc1OC.Cl. The van der Waals surface area contributed by atoms with Crippen LogP contribution in [0.5, 0.6) is 11.5 Å². The van der Waals surface area contributed by atoms with Gasteiger partial charge in [0, 0.05) is 19.3 Å². The maximum absolute atomic E-state index is 11.3. The Kier molecular flexibility index (Phi) is 6.86. The van der Waals surface area contributed by atoms with Gasteiger partial charge < -0.3 is 19.9 Å². The number of nitrogens with two attached hydrogens (primary N) is 1. The van der Waals surface area contributed by atoms with E-state index >= 15 is 0 Å². The van der Waals surface area contributed by atoms with Crippen molar-refractivity contribution in [2.45, 2.75) is 18.9 Å². The van der Waals surface area contributed by atoms with Crippen molar-refractivity contribution in [2.24, 2.45) is 11.7 Å². The molecule has 0 unspecified atom stereocenters. The first kappa shape index (κ1) is 18.5. The van der Waals surface area contributed by atoms with E-state index in [1.165, 1.54) is 20.3 Å². The number of rotatable bonds is 5. The zero-order chi connectivity index (χ0) is 15.4. The number of ether oxygens (including phenoxy) is 3. The molecule has 8 heteroatoms. The average Bonchev–Trinajstić information content (AvgIpc) is 2.53. The summed E-state index contributed by atoms with van der Waals surface area (Å²) < 4.78 is 15.6. The molecule has 7 nitrogen and oxygen atoms in total. The molecule has 1 atom stereocenters. The zero-order valence-corrected chi connectivity index (χ0v) is 13.4. The fourth-order valence-corrected chi connectivity index (χ4v) is 2.64. The van der Waals surface area contributed by atoms with Gasteiger partial charge in [0.25, 0.3) is 5.69 Å². The number of methoxy groups -OCH3 is 2. The van der Waals surface area contributed by atoms with E-state index in [0.29, 0.717) is 30.3 Å². The summed E-state index contributed by atoms with van der Waals surface area (Å²) in [4.78, 5) is 10.9. The maximum Gasteiger partial charge on any atom is 0.278 e. The lowest BCUT2D eigenvalue weighted by Crippen LogP contribution is -2.28. The minimum atomic E-state index is -0.434. The van der Waals surface area contributed by atoms with Crippen molar-refractivity contribution in [1.82, 2.24) is 0 Å². The number of nitrogens with zero attached hydrogens (tertiary/aromatic N) is 1. The monoisotopic (exact) mass is 332 g/mol. The van der Waals surface area contributed by atoms with Gasteiger partial charge in [0.05, 0.1) is 30.8 Å². The second-order valence-electron chi connectivity index (χ2n) is 5.00. The first-order valence-corrected chi connectivity index (χ1v) is 6.82. The van der Waals surface area contributed by atoms with Crippen LogP contribution in [0.25, 0.3) is 0 Å². The van der Waals surface area contributed by atoms with Crippen molar-refractivity contribution in [3.8, 4) is 11.5 Å². The molecule has 0 aliphatic carbocycles. The lowest BCUT2D eigenvalue weighted by Gasteiger charge is -2.28. The molecule has 1 saturated heterocycles. The van der Waals surface area contributed by atoms with Crippen LogP contribution in [0.2, 0.25) is 0 Å².